The lowest BCUT2D eigenvalue weighted by atomic mass is 10.2. The highest BCUT2D eigenvalue weighted by Gasteiger charge is 2.14. The van der Waals surface area contributed by atoms with Crippen LogP contribution >= 0.6 is 0 Å². The van der Waals surface area contributed by atoms with Crippen LogP contribution in [0.4, 0.5) is 0 Å². The third-order valence-corrected chi connectivity index (χ3v) is 4.89. The molecular formula is C24H58N4O3. The number of quaternary nitrogens is 2. The fraction of sp³-hybridized carbons (Fsp3) is 0.875. The van der Waals surface area contributed by atoms with Crippen molar-refractivity contribution in [3.63, 3.8) is 0 Å². The zero-order valence-corrected chi connectivity index (χ0v) is 22.3. The lowest BCUT2D eigenvalue weighted by molar-refractivity contribution is -0.890. The van der Waals surface area contributed by atoms with E-state index in [9.17, 15) is 4.79 Å². The van der Waals surface area contributed by atoms with E-state index in [0.29, 0.717) is 6.42 Å². The van der Waals surface area contributed by atoms with Crippen LogP contribution in [-0.4, -0.2) is 108 Å². The maximum absolute atomic E-state index is 11.9. The van der Waals surface area contributed by atoms with E-state index in [2.05, 4.69) is 52.8 Å². The number of hydrogen-bond donors (Lipinski definition) is 2. The van der Waals surface area contributed by atoms with Crippen LogP contribution in [0.25, 0.3) is 0 Å². The van der Waals surface area contributed by atoms with Crippen LogP contribution in [0.2, 0.25) is 0 Å². The smallest absolute Gasteiger partial charge is 0.219 e. The van der Waals surface area contributed by atoms with Crippen molar-refractivity contribution in [1.29, 1.82) is 0 Å². The van der Waals surface area contributed by atoms with Gasteiger partial charge < -0.3 is 44.7 Å². The number of unbranched alkanes of at least 4 members (excludes halogenated alkanes) is 2. The molecule has 0 aliphatic carbocycles. The summed E-state index contributed by atoms with van der Waals surface area (Å²) in [4.78, 5) is 11.9. The molecule has 0 heterocycles. The molecule has 7 heteroatoms. The van der Waals surface area contributed by atoms with Crippen LogP contribution in [-0.2, 0) is 9.53 Å². The second kappa shape index (κ2) is 22.5. The number of carbonyl (C=O) groups excluding carboxylic acids is 1. The summed E-state index contributed by atoms with van der Waals surface area (Å²) in [6.07, 6.45) is 7.23. The van der Waals surface area contributed by atoms with Gasteiger partial charge in [0.05, 0.1) is 54.9 Å². The fourth-order valence-electron chi connectivity index (χ4n) is 3.01. The van der Waals surface area contributed by atoms with Gasteiger partial charge in [-0.25, -0.2) is 0 Å². The van der Waals surface area contributed by atoms with Gasteiger partial charge in [0, 0.05) is 39.0 Å². The molecule has 192 valence electrons. The van der Waals surface area contributed by atoms with E-state index >= 15 is 0 Å². The van der Waals surface area contributed by atoms with Crippen molar-refractivity contribution >= 4 is 5.91 Å². The van der Waals surface area contributed by atoms with E-state index in [1.807, 2.05) is 0 Å². The van der Waals surface area contributed by atoms with Gasteiger partial charge >= 0.3 is 0 Å². The summed E-state index contributed by atoms with van der Waals surface area (Å²) in [5.74, 6) is 0.201. The Morgan fingerprint density at radius 1 is 0.774 bits per heavy atom. The Labute approximate surface area is 195 Å². The van der Waals surface area contributed by atoms with Gasteiger partial charge in [-0.05, 0) is 25.8 Å². The number of nitrogens with zero attached hydrogens (tertiary/aromatic N) is 2. The van der Waals surface area contributed by atoms with Gasteiger partial charge in [0.15, 0.2) is 0 Å². The first-order valence-electron chi connectivity index (χ1n) is 11.3. The van der Waals surface area contributed by atoms with Crippen molar-refractivity contribution in [1.82, 2.24) is 10.6 Å². The third kappa shape index (κ3) is 29.3. The molecule has 0 rings (SSSR count). The highest BCUT2D eigenvalue weighted by atomic mass is 16.5. The van der Waals surface area contributed by atoms with Crippen LogP contribution in [0.1, 0.15) is 51.9 Å². The number of carbonyl (C=O) groups is 1. The normalized spacial score (nSPS) is 11.2. The van der Waals surface area contributed by atoms with E-state index in [-0.39, 0.29) is 26.2 Å². The first kappa shape index (κ1) is 37.6. The molecule has 0 aromatic rings. The third-order valence-electron chi connectivity index (χ3n) is 4.89. The fourth-order valence-corrected chi connectivity index (χ4v) is 3.01. The van der Waals surface area contributed by atoms with E-state index in [0.717, 1.165) is 87.0 Å². The summed E-state index contributed by atoms with van der Waals surface area (Å²) >= 11 is 0. The maximum atomic E-state index is 11.9. The minimum absolute atomic E-state index is 0. The van der Waals surface area contributed by atoms with E-state index < -0.39 is 0 Å². The van der Waals surface area contributed by atoms with Crippen LogP contribution in [0.15, 0.2) is 0 Å². The Balaban J connectivity index is -0.00000121. The van der Waals surface area contributed by atoms with Crippen molar-refractivity contribution < 1.29 is 24.0 Å². The van der Waals surface area contributed by atoms with Gasteiger partial charge in [-0.2, -0.15) is 0 Å². The predicted octanol–water partition coefficient (Wildman–Crippen LogP) is 2.32. The highest BCUT2D eigenvalue weighted by Crippen LogP contribution is 2.01. The SMILES string of the molecule is CCCOCC[N+](C)(C)CCCNC(=O)CCCCCNCCC[N+](C)(C)C.O.[CH3-].[CH3-]. The Kier molecular flexibility index (Phi) is 27.2. The summed E-state index contributed by atoms with van der Waals surface area (Å²) in [6, 6.07) is 0. The molecule has 0 saturated heterocycles. The van der Waals surface area contributed by atoms with Crippen LogP contribution in [0, 0.1) is 14.9 Å². The Hall–Kier alpha value is -0.730. The average Bonchev–Trinajstić information content (AvgIpc) is 2.60. The number of rotatable bonds is 19. The molecule has 0 aliphatic rings. The molecule has 0 aliphatic heterocycles. The van der Waals surface area contributed by atoms with E-state index in [1.165, 1.54) is 13.0 Å². The van der Waals surface area contributed by atoms with Crippen LogP contribution in [0.3, 0.4) is 0 Å². The van der Waals surface area contributed by atoms with Crippen molar-refractivity contribution in [2.45, 2.75) is 51.9 Å². The van der Waals surface area contributed by atoms with Gasteiger partial charge in [0.25, 0.3) is 0 Å². The Morgan fingerprint density at radius 3 is 2.00 bits per heavy atom. The summed E-state index contributed by atoms with van der Waals surface area (Å²) in [7, 11) is 11.2. The van der Waals surface area contributed by atoms with Gasteiger partial charge in [-0.1, -0.05) is 13.3 Å². The van der Waals surface area contributed by atoms with Crippen LogP contribution in [0.5, 0.6) is 0 Å². The molecule has 0 fully saturated rings. The molecule has 0 bridgehead atoms. The number of hydrogen-bond acceptors (Lipinski definition) is 3. The standard InChI is InChI=1S/C22H49N4O2.2CH3.H2O/c1-7-20-28-21-19-26(5,6)18-12-16-24-22(27)13-9-8-10-14-23-15-11-17-25(2,3)4;;;/h23H,7-21H2,1-6H3;2*1H3;1H2/q+1;2*-1;/p+1. The molecule has 0 saturated carbocycles. The summed E-state index contributed by atoms with van der Waals surface area (Å²) in [5, 5.41) is 6.57. The van der Waals surface area contributed by atoms with Crippen molar-refractivity contribution in [3.05, 3.63) is 14.9 Å². The van der Waals surface area contributed by atoms with Gasteiger partial charge in [-0.3, -0.25) is 4.79 Å². The lowest BCUT2D eigenvalue weighted by Crippen LogP contribution is -2.44. The largest absolute Gasteiger partial charge is 0.412 e. The van der Waals surface area contributed by atoms with Gasteiger partial charge in [0.1, 0.15) is 6.54 Å². The quantitative estimate of drug-likeness (QED) is 0.180. The molecule has 0 radical (unpaired) electrons. The molecule has 31 heavy (non-hydrogen) atoms. The molecule has 0 unspecified atom stereocenters. The second-order valence-corrected chi connectivity index (χ2v) is 9.63. The minimum Gasteiger partial charge on any atom is -0.412 e. The number of amides is 1. The van der Waals surface area contributed by atoms with Crippen molar-refractivity contribution in [3.8, 4) is 0 Å². The molecule has 4 N–H and O–H groups in total. The Morgan fingerprint density at radius 2 is 1.39 bits per heavy atom. The zero-order valence-electron chi connectivity index (χ0n) is 22.3. The first-order chi connectivity index (χ1) is 13.2. The minimum atomic E-state index is 0. The van der Waals surface area contributed by atoms with Crippen LogP contribution < -0.4 is 10.6 Å². The van der Waals surface area contributed by atoms with Crippen molar-refractivity contribution in [2.75, 3.05) is 87.7 Å². The highest BCUT2D eigenvalue weighted by molar-refractivity contribution is 5.75. The molecular weight excluding hydrogens is 392 g/mol. The van der Waals surface area contributed by atoms with Gasteiger partial charge in [-0.15, -0.1) is 0 Å². The first-order valence-corrected chi connectivity index (χ1v) is 11.3. The second-order valence-electron chi connectivity index (χ2n) is 9.63. The Bertz CT molecular complexity index is 386. The molecule has 0 atom stereocenters. The van der Waals surface area contributed by atoms with Crippen molar-refractivity contribution in [2.24, 2.45) is 0 Å². The molecule has 7 nitrogen and oxygen atoms in total. The lowest BCUT2D eigenvalue weighted by Gasteiger charge is -2.29. The topological polar surface area (TPSA) is 81.9 Å². The number of ether oxygens (including phenoxy) is 1. The summed E-state index contributed by atoms with van der Waals surface area (Å²) < 4.78 is 7.55. The molecule has 0 aromatic heterocycles. The predicted molar refractivity (Wildman–Crippen MR) is 136 cm³/mol. The maximum Gasteiger partial charge on any atom is 0.219 e. The number of likely N-dealkylation sites (N-methyl/N-ethyl adjacent to an activating group) is 1. The number of nitrogens with one attached hydrogen (secondary N) is 2. The van der Waals surface area contributed by atoms with E-state index in [1.54, 1.807) is 0 Å². The molecule has 1 amide bonds. The van der Waals surface area contributed by atoms with Gasteiger partial charge in [0.2, 0.25) is 5.91 Å². The summed E-state index contributed by atoms with van der Waals surface area (Å²) in [6.45, 7) is 10.0. The monoisotopic (exact) mass is 450 g/mol. The average molecular weight is 451 g/mol. The zero-order chi connectivity index (χ0) is 21.3. The molecule has 0 spiro atoms. The summed E-state index contributed by atoms with van der Waals surface area (Å²) in [5.41, 5.74) is 0. The van der Waals surface area contributed by atoms with E-state index in [4.69, 9.17) is 4.74 Å². The molecule has 0 aromatic carbocycles.